The molecule has 0 heterocycles. The number of amides is 2. The lowest BCUT2D eigenvalue weighted by Crippen LogP contribution is -2.28. The molecule has 270 valence electrons. The lowest BCUT2D eigenvalue weighted by Gasteiger charge is -2.19. The largest absolute Gasteiger partial charge is 0.496 e. The van der Waals surface area contributed by atoms with E-state index in [9.17, 15) is 31.2 Å². The number of rotatable bonds is 12. The molecule has 1 unspecified atom stereocenters. The Morgan fingerprint density at radius 1 is 0.922 bits per heavy atom. The number of methoxy groups -OCH3 is 1. The van der Waals surface area contributed by atoms with Gasteiger partial charge in [-0.15, -0.1) is 0 Å². The van der Waals surface area contributed by atoms with Gasteiger partial charge in [-0.2, -0.15) is 21.6 Å². The quantitative estimate of drug-likeness (QED) is 0.125. The first-order valence-corrected chi connectivity index (χ1v) is 17.8. The van der Waals surface area contributed by atoms with Crippen molar-refractivity contribution < 1.29 is 40.5 Å². The highest BCUT2D eigenvalue weighted by atomic mass is 35.5. The molecule has 4 aromatic carbocycles. The van der Waals surface area contributed by atoms with Crippen LogP contribution in [0.3, 0.4) is 0 Å². The van der Waals surface area contributed by atoms with Crippen LogP contribution in [-0.2, 0) is 27.5 Å². The second-order valence-corrected chi connectivity index (χ2v) is 14.9. The van der Waals surface area contributed by atoms with Crippen molar-refractivity contribution >= 4 is 45.3 Å². The fourth-order valence-corrected chi connectivity index (χ4v) is 5.74. The van der Waals surface area contributed by atoms with Crippen molar-refractivity contribution in [2.75, 3.05) is 24.7 Å². The van der Waals surface area contributed by atoms with Crippen molar-refractivity contribution in [3.05, 3.63) is 124 Å². The molecule has 2 amide bonds. The average Bonchev–Trinajstić information content (AvgIpc) is 3.05. The van der Waals surface area contributed by atoms with Crippen molar-refractivity contribution in [1.29, 1.82) is 0 Å². The van der Waals surface area contributed by atoms with Gasteiger partial charge in [-0.3, -0.25) is 14.1 Å². The molecule has 51 heavy (non-hydrogen) atoms. The van der Waals surface area contributed by atoms with Crippen LogP contribution in [0.1, 0.15) is 59.3 Å². The summed E-state index contributed by atoms with van der Waals surface area (Å²) < 4.78 is 75.9. The van der Waals surface area contributed by atoms with Gasteiger partial charge in [0.05, 0.1) is 24.3 Å². The van der Waals surface area contributed by atoms with Crippen LogP contribution in [0.15, 0.2) is 91.0 Å². The van der Waals surface area contributed by atoms with Crippen LogP contribution in [0.4, 0.5) is 18.9 Å². The number of benzene rings is 4. The van der Waals surface area contributed by atoms with Gasteiger partial charge in [0.2, 0.25) is 5.91 Å². The van der Waals surface area contributed by atoms with Crippen molar-refractivity contribution in [3.63, 3.8) is 0 Å². The van der Waals surface area contributed by atoms with Crippen molar-refractivity contribution in [1.82, 2.24) is 5.32 Å². The summed E-state index contributed by atoms with van der Waals surface area (Å²) in [6.45, 7) is 6.01. The third-order valence-corrected chi connectivity index (χ3v) is 8.82. The monoisotopic (exact) mass is 742 g/mol. The standard InChI is InChI=1S/C38H38ClF3N2O6S/c1-37(2,3)18-17-24-5-9-26(10-6-24)32(21-25-7-11-27(12-8-25)35(45)43-19-20-51(47,48)49)36(46)44-29-14-16-31(34(23-29)50-4)30-15-13-28(22-33(30)39)38(40,41)42/h5-18,22-23,32H,19-21H2,1-4H3,(H,43,45)(H,44,46)(H,47,48,49)/b18-17+. The van der Waals surface area contributed by atoms with Gasteiger partial charge in [-0.25, -0.2) is 0 Å². The van der Waals surface area contributed by atoms with Gasteiger partial charge >= 0.3 is 6.18 Å². The number of nitrogens with one attached hydrogen (secondary N) is 2. The topological polar surface area (TPSA) is 122 Å². The Bertz CT molecular complexity index is 2010. The summed E-state index contributed by atoms with van der Waals surface area (Å²) in [5.41, 5.74) is 2.95. The van der Waals surface area contributed by atoms with E-state index in [1.165, 1.54) is 13.2 Å². The molecule has 0 spiro atoms. The van der Waals surface area contributed by atoms with Gasteiger partial charge < -0.3 is 15.4 Å². The highest BCUT2D eigenvalue weighted by Gasteiger charge is 2.31. The van der Waals surface area contributed by atoms with Crippen molar-refractivity contribution in [2.45, 2.75) is 39.3 Å². The lowest BCUT2D eigenvalue weighted by atomic mass is 9.89. The number of carbonyl (C=O) groups is 2. The minimum Gasteiger partial charge on any atom is -0.496 e. The van der Waals surface area contributed by atoms with Crippen LogP contribution >= 0.6 is 11.6 Å². The summed E-state index contributed by atoms with van der Waals surface area (Å²) in [4.78, 5) is 26.4. The molecule has 1 atom stereocenters. The highest BCUT2D eigenvalue weighted by molar-refractivity contribution is 7.85. The molecule has 0 saturated carbocycles. The van der Waals surface area contributed by atoms with E-state index in [2.05, 4.69) is 37.5 Å². The van der Waals surface area contributed by atoms with E-state index in [1.807, 2.05) is 30.3 Å². The lowest BCUT2D eigenvalue weighted by molar-refractivity contribution is -0.137. The minimum absolute atomic E-state index is 0.0187. The Balaban J connectivity index is 1.60. The van der Waals surface area contributed by atoms with Crippen LogP contribution < -0.4 is 15.4 Å². The third kappa shape index (κ3) is 11.4. The minimum atomic E-state index is -4.55. The molecule has 0 bridgehead atoms. The second kappa shape index (κ2) is 16.1. The highest BCUT2D eigenvalue weighted by Crippen LogP contribution is 2.40. The zero-order valence-electron chi connectivity index (χ0n) is 28.3. The van der Waals surface area contributed by atoms with Gasteiger partial charge in [0.1, 0.15) is 5.75 Å². The summed E-state index contributed by atoms with van der Waals surface area (Å²) >= 11 is 6.25. The predicted octanol–water partition coefficient (Wildman–Crippen LogP) is 8.68. The van der Waals surface area contributed by atoms with Gasteiger partial charge in [-0.1, -0.05) is 87.0 Å². The molecule has 4 rings (SSSR count). The molecule has 0 fully saturated rings. The number of ether oxygens (including phenoxy) is 1. The molecule has 4 aromatic rings. The first-order valence-electron chi connectivity index (χ1n) is 15.8. The van der Waals surface area contributed by atoms with Gasteiger partial charge in [0, 0.05) is 40.0 Å². The molecular formula is C38H38ClF3N2O6S. The number of alkyl halides is 3. The second-order valence-electron chi connectivity index (χ2n) is 13.0. The van der Waals surface area contributed by atoms with Crippen molar-refractivity contribution in [2.24, 2.45) is 5.41 Å². The molecule has 8 nitrogen and oxygen atoms in total. The summed E-state index contributed by atoms with van der Waals surface area (Å²) in [7, 11) is -2.82. The molecule has 13 heteroatoms. The Kier molecular flexibility index (Phi) is 12.4. The van der Waals surface area contributed by atoms with E-state index in [4.69, 9.17) is 20.9 Å². The van der Waals surface area contributed by atoms with E-state index in [0.29, 0.717) is 16.8 Å². The van der Waals surface area contributed by atoms with E-state index in [1.54, 1.807) is 42.5 Å². The zero-order chi connectivity index (χ0) is 37.6. The molecule has 0 aromatic heterocycles. The first kappa shape index (κ1) is 39.1. The van der Waals surface area contributed by atoms with Crippen LogP contribution in [0, 0.1) is 5.41 Å². The number of anilines is 1. The Morgan fingerprint density at radius 3 is 2.14 bits per heavy atom. The zero-order valence-corrected chi connectivity index (χ0v) is 29.9. The maximum Gasteiger partial charge on any atom is 0.416 e. The average molecular weight is 743 g/mol. The molecule has 0 aliphatic rings. The molecular weight excluding hydrogens is 705 g/mol. The normalized spacial score (nSPS) is 12.8. The summed E-state index contributed by atoms with van der Waals surface area (Å²) in [5, 5.41) is 5.26. The summed E-state index contributed by atoms with van der Waals surface area (Å²) in [5.74, 6) is -1.88. The van der Waals surface area contributed by atoms with Gasteiger partial charge in [0.25, 0.3) is 16.0 Å². The number of allylic oxidation sites excluding steroid dienone is 1. The van der Waals surface area contributed by atoms with Crippen LogP contribution in [0.5, 0.6) is 5.75 Å². The van der Waals surface area contributed by atoms with Crippen LogP contribution in [0.2, 0.25) is 5.02 Å². The number of hydrogen-bond donors (Lipinski definition) is 3. The maximum absolute atomic E-state index is 13.9. The summed E-state index contributed by atoms with van der Waals surface area (Å²) in [6, 6.07) is 21.9. The molecule has 0 aliphatic heterocycles. The van der Waals surface area contributed by atoms with Crippen molar-refractivity contribution in [3.8, 4) is 16.9 Å². The Hall–Kier alpha value is -4.65. The summed E-state index contributed by atoms with van der Waals surface area (Å²) in [6.07, 6.45) is -0.202. The van der Waals surface area contributed by atoms with Gasteiger partial charge in [0.15, 0.2) is 0 Å². The predicted molar refractivity (Wildman–Crippen MR) is 194 cm³/mol. The van der Waals surface area contributed by atoms with E-state index >= 15 is 0 Å². The van der Waals surface area contributed by atoms with Crippen LogP contribution in [-0.4, -0.2) is 44.2 Å². The molecule has 3 N–H and O–H groups in total. The maximum atomic E-state index is 13.9. The smallest absolute Gasteiger partial charge is 0.416 e. The number of halogens is 4. The Labute approximate surface area is 300 Å². The van der Waals surface area contributed by atoms with E-state index in [-0.39, 0.29) is 40.6 Å². The SMILES string of the molecule is COc1cc(NC(=O)C(Cc2ccc(C(=O)NCCS(=O)(=O)O)cc2)c2ccc(/C=C/C(C)(C)C)cc2)ccc1-c1ccc(C(F)(F)F)cc1Cl. The first-order chi connectivity index (χ1) is 23.8. The van der Waals surface area contributed by atoms with E-state index in [0.717, 1.165) is 28.8 Å². The molecule has 0 aliphatic carbocycles. The number of carbonyl (C=O) groups excluding carboxylic acids is 2. The van der Waals surface area contributed by atoms with Crippen LogP contribution in [0.25, 0.3) is 17.2 Å². The molecule has 0 radical (unpaired) electrons. The molecule has 0 saturated heterocycles. The fourth-order valence-electron chi connectivity index (χ4n) is 5.10. The fraction of sp³-hybridized carbons (Fsp3) is 0.263. The Morgan fingerprint density at radius 2 is 1.57 bits per heavy atom. The van der Waals surface area contributed by atoms with E-state index < -0.39 is 39.4 Å². The van der Waals surface area contributed by atoms with Gasteiger partial charge in [-0.05, 0) is 64.9 Å². The number of hydrogen-bond acceptors (Lipinski definition) is 5. The third-order valence-electron chi connectivity index (χ3n) is 7.79.